The van der Waals surface area contributed by atoms with Crippen molar-refractivity contribution < 1.29 is 10.0 Å². The molecule has 0 aromatic heterocycles. The third-order valence-corrected chi connectivity index (χ3v) is 3.06. The van der Waals surface area contributed by atoms with Crippen molar-refractivity contribution in [2.24, 2.45) is 0 Å². The molecule has 94 valence electrons. The van der Waals surface area contributed by atoms with E-state index in [1.807, 2.05) is 13.8 Å². The fraction of sp³-hybridized carbons (Fsp3) is 0.500. The molecule has 1 aromatic carbocycles. The van der Waals surface area contributed by atoms with Crippen LogP contribution in [0.15, 0.2) is 18.2 Å². The van der Waals surface area contributed by atoms with Gasteiger partial charge in [-0.2, -0.15) is 0 Å². The first-order valence-electron chi connectivity index (χ1n) is 5.40. The number of hydrogen-bond donors (Lipinski definition) is 1. The van der Waals surface area contributed by atoms with Crippen LogP contribution in [0.25, 0.3) is 0 Å². The third kappa shape index (κ3) is 2.55. The van der Waals surface area contributed by atoms with Gasteiger partial charge in [0.05, 0.1) is 17.1 Å². The zero-order chi connectivity index (χ0) is 13.2. The maximum atomic E-state index is 11.1. The lowest BCUT2D eigenvalue weighted by Gasteiger charge is -2.35. The third-order valence-electron chi connectivity index (χ3n) is 3.06. The summed E-state index contributed by atoms with van der Waals surface area (Å²) in [7, 11) is 1.75. The molecular formula is C12H18N2O3. The van der Waals surface area contributed by atoms with Crippen LogP contribution in [-0.4, -0.2) is 29.2 Å². The first-order chi connectivity index (χ1) is 7.81. The largest absolute Gasteiger partial charge is 0.394 e. The minimum Gasteiger partial charge on any atom is -0.394 e. The predicted molar refractivity (Wildman–Crippen MR) is 67.4 cm³/mol. The molecule has 0 amide bonds. The standard InChI is InChI=1S/C12H18N2O3/c1-9-6-5-7-10(11(9)14(16)17)13(4)12(2,3)8-15/h5-7,15H,8H2,1-4H3. The second-order valence-corrected chi connectivity index (χ2v) is 4.73. The first-order valence-corrected chi connectivity index (χ1v) is 5.40. The van der Waals surface area contributed by atoms with Crippen molar-refractivity contribution >= 4 is 11.4 Å². The average molecular weight is 238 g/mol. The van der Waals surface area contributed by atoms with Gasteiger partial charge in [-0.05, 0) is 26.8 Å². The number of benzene rings is 1. The summed E-state index contributed by atoms with van der Waals surface area (Å²) in [6, 6.07) is 5.19. The van der Waals surface area contributed by atoms with Crippen LogP contribution < -0.4 is 4.90 Å². The van der Waals surface area contributed by atoms with Crippen LogP contribution in [0.5, 0.6) is 0 Å². The summed E-state index contributed by atoms with van der Waals surface area (Å²) in [5.41, 5.74) is 0.692. The Morgan fingerprint density at radius 2 is 2.06 bits per heavy atom. The number of para-hydroxylation sites is 1. The van der Waals surface area contributed by atoms with Gasteiger partial charge in [-0.15, -0.1) is 0 Å². The van der Waals surface area contributed by atoms with Gasteiger partial charge < -0.3 is 10.0 Å². The molecule has 5 nitrogen and oxygen atoms in total. The van der Waals surface area contributed by atoms with Gasteiger partial charge in [-0.3, -0.25) is 10.1 Å². The molecule has 0 fully saturated rings. The summed E-state index contributed by atoms with van der Waals surface area (Å²) in [4.78, 5) is 12.4. The van der Waals surface area contributed by atoms with E-state index in [1.165, 1.54) is 0 Å². The second-order valence-electron chi connectivity index (χ2n) is 4.73. The van der Waals surface area contributed by atoms with E-state index >= 15 is 0 Å². The molecule has 0 atom stereocenters. The Hall–Kier alpha value is -1.62. The smallest absolute Gasteiger partial charge is 0.295 e. The average Bonchev–Trinajstić information content (AvgIpc) is 2.27. The van der Waals surface area contributed by atoms with Crippen molar-refractivity contribution in [2.75, 3.05) is 18.6 Å². The topological polar surface area (TPSA) is 66.6 Å². The zero-order valence-electron chi connectivity index (χ0n) is 10.6. The number of rotatable bonds is 4. The van der Waals surface area contributed by atoms with Crippen molar-refractivity contribution in [3.8, 4) is 0 Å². The molecule has 0 saturated heterocycles. The van der Waals surface area contributed by atoms with Gasteiger partial charge in [0.2, 0.25) is 0 Å². The lowest BCUT2D eigenvalue weighted by molar-refractivity contribution is -0.384. The Morgan fingerprint density at radius 1 is 1.47 bits per heavy atom. The highest BCUT2D eigenvalue weighted by atomic mass is 16.6. The molecule has 0 unspecified atom stereocenters. The summed E-state index contributed by atoms with van der Waals surface area (Å²) in [5.74, 6) is 0. The van der Waals surface area contributed by atoms with Crippen LogP contribution in [0.1, 0.15) is 19.4 Å². The molecule has 0 saturated carbocycles. The molecule has 0 radical (unpaired) electrons. The molecule has 0 aliphatic carbocycles. The molecule has 5 heteroatoms. The highest BCUT2D eigenvalue weighted by molar-refractivity contribution is 5.67. The van der Waals surface area contributed by atoms with E-state index in [0.29, 0.717) is 11.3 Å². The lowest BCUT2D eigenvalue weighted by atomic mass is 10.0. The first kappa shape index (κ1) is 13.4. The number of nitro groups is 1. The lowest BCUT2D eigenvalue weighted by Crippen LogP contribution is -2.44. The molecule has 0 spiro atoms. The van der Waals surface area contributed by atoms with Gasteiger partial charge in [0.25, 0.3) is 5.69 Å². The Labute approximate surface area is 101 Å². The highest BCUT2D eigenvalue weighted by Crippen LogP contribution is 2.33. The molecule has 0 aliphatic rings. The number of anilines is 1. The number of aryl methyl sites for hydroxylation is 1. The predicted octanol–water partition coefficient (Wildman–Crippen LogP) is 2.11. The number of nitrogens with zero attached hydrogens (tertiary/aromatic N) is 2. The number of aliphatic hydroxyl groups excluding tert-OH is 1. The summed E-state index contributed by atoms with van der Waals surface area (Å²) >= 11 is 0. The highest BCUT2D eigenvalue weighted by Gasteiger charge is 2.28. The molecule has 1 aromatic rings. The van der Waals surface area contributed by atoms with Crippen molar-refractivity contribution in [3.05, 3.63) is 33.9 Å². The van der Waals surface area contributed by atoms with E-state index in [-0.39, 0.29) is 17.2 Å². The van der Waals surface area contributed by atoms with Crippen LogP contribution in [-0.2, 0) is 0 Å². The van der Waals surface area contributed by atoms with Crippen molar-refractivity contribution in [1.82, 2.24) is 0 Å². The molecule has 0 heterocycles. The summed E-state index contributed by atoms with van der Waals surface area (Å²) in [5, 5.41) is 20.4. The van der Waals surface area contributed by atoms with E-state index in [0.717, 1.165) is 0 Å². The van der Waals surface area contributed by atoms with Crippen LogP contribution in [0.3, 0.4) is 0 Å². The second kappa shape index (κ2) is 4.71. The number of aliphatic hydroxyl groups is 1. The number of hydrogen-bond acceptors (Lipinski definition) is 4. The van der Waals surface area contributed by atoms with E-state index in [1.54, 1.807) is 37.1 Å². The van der Waals surface area contributed by atoms with E-state index in [2.05, 4.69) is 0 Å². The van der Waals surface area contributed by atoms with Gasteiger partial charge in [-0.1, -0.05) is 12.1 Å². The normalized spacial score (nSPS) is 11.4. The van der Waals surface area contributed by atoms with Gasteiger partial charge in [0, 0.05) is 12.6 Å². The van der Waals surface area contributed by atoms with E-state index in [9.17, 15) is 15.2 Å². The minimum atomic E-state index is -0.543. The Bertz CT molecular complexity index is 430. The number of nitro benzene ring substituents is 1. The van der Waals surface area contributed by atoms with Gasteiger partial charge in [0.15, 0.2) is 0 Å². The minimum absolute atomic E-state index is 0.0748. The zero-order valence-corrected chi connectivity index (χ0v) is 10.6. The Kier molecular flexibility index (Phi) is 3.72. The summed E-state index contributed by atoms with van der Waals surface area (Å²) in [6.45, 7) is 5.30. The summed E-state index contributed by atoms with van der Waals surface area (Å²) in [6.07, 6.45) is 0. The SMILES string of the molecule is Cc1cccc(N(C)C(C)(C)CO)c1[N+](=O)[O-]. The van der Waals surface area contributed by atoms with Crippen molar-refractivity contribution in [3.63, 3.8) is 0 Å². The monoisotopic (exact) mass is 238 g/mol. The van der Waals surface area contributed by atoms with Gasteiger partial charge >= 0.3 is 0 Å². The molecule has 17 heavy (non-hydrogen) atoms. The molecule has 0 bridgehead atoms. The van der Waals surface area contributed by atoms with E-state index < -0.39 is 5.54 Å². The quantitative estimate of drug-likeness (QED) is 0.644. The van der Waals surface area contributed by atoms with Gasteiger partial charge in [-0.25, -0.2) is 0 Å². The maximum Gasteiger partial charge on any atom is 0.295 e. The Balaban J connectivity index is 3.32. The maximum absolute atomic E-state index is 11.1. The fourth-order valence-electron chi connectivity index (χ4n) is 1.58. The van der Waals surface area contributed by atoms with Crippen LogP contribution >= 0.6 is 0 Å². The molecule has 1 rings (SSSR count). The summed E-state index contributed by atoms with van der Waals surface area (Å²) < 4.78 is 0. The van der Waals surface area contributed by atoms with E-state index in [4.69, 9.17) is 0 Å². The fourth-order valence-corrected chi connectivity index (χ4v) is 1.58. The Morgan fingerprint density at radius 3 is 2.53 bits per heavy atom. The van der Waals surface area contributed by atoms with Crippen molar-refractivity contribution in [2.45, 2.75) is 26.3 Å². The number of likely N-dealkylation sites (N-methyl/N-ethyl adjacent to an activating group) is 1. The molecule has 1 N–H and O–H groups in total. The molecular weight excluding hydrogens is 220 g/mol. The van der Waals surface area contributed by atoms with Crippen molar-refractivity contribution in [1.29, 1.82) is 0 Å². The van der Waals surface area contributed by atoms with Crippen LogP contribution in [0, 0.1) is 17.0 Å². The van der Waals surface area contributed by atoms with Crippen LogP contribution in [0.4, 0.5) is 11.4 Å². The van der Waals surface area contributed by atoms with Crippen LogP contribution in [0.2, 0.25) is 0 Å². The van der Waals surface area contributed by atoms with Gasteiger partial charge in [0.1, 0.15) is 5.69 Å². The molecule has 0 aliphatic heterocycles.